The summed E-state index contributed by atoms with van der Waals surface area (Å²) < 4.78 is 5.55. The molecule has 4 rings (SSSR count). The second-order valence-corrected chi connectivity index (χ2v) is 8.14. The number of carbonyl (C=O) groups excluding carboxylic acids is 2. The van der Waals surface area contributed by atoms with E-state index >= 15 is 0 Å². The Morgan fingerprint density at radius 1 is 1.14 bits per heavy atom. The van der Waals surface area contributed by atoms with Gasteiger partial charge in [-0.1, -0.05) is 0 Å². The van der Waals surface area contributed by atoms with Crippen LogP contribution < -0.4 is 5.32 Å². The van der Waals surface area contributed by atoms with Crippen LogP contribution in [0.5, 0.6) is 0 Å². The van der Waals surface area contributed by atoms with Crippen molar-refractivity contribution >= 4 is 11.8 Å². The summed E-state index contributed by atoms with van der Waals surface area (Å²) in [5.74, 6) is 0.554. The fourth-order valence-corrected chi connectivity index (χ4v) is 4.46. The van der Waals surface area contributed by atoms with Crippen molar-refractivity contribution in [3.05, 3.63) is 18.0 Å². The van der Waals surface area contributed by atoms with Gasteiger partial charge in [-0.2, -0.15) is 5.10 Å². The number of piperidine rings is 1. The maximum Gasteiger partial charge on any atom is 0.269 e. The van der Waals surface area contributed by atoms with Crippen molar-refractivity contribution in [2.45, 2.75) is 50.6 Å². The highest BCUT2D eigenvalue weighted by Crippen LogP contribution is 2.32. The van der Waals surface area contributed by atoms with E-state index in [-0.39, 0.29) is 5.91 Å². The third kappa shape index (κ3) is 4.72. The number of carbonyl (C=O) groups is 2. The van der Waals surface area contributed by atoms with E-state index in [9.17, 15) is 9.59 Å². The van der Waals surface area contributed by atoms with Crippen LogP contribution in [0.15, 0.2) is 12.3 Å². The molecule has 2 saturated heterocycles. The van der Waals surface area contributed by atoms with Crippen LogP contribution in [0.2, 0.25) is 0 Å². The maximum atomic E-state index is 12.3. The van der Waals surface area contributed by atoms with Crippen LogP contribution in [-0.2, 0) is 9.53 Å². The van der Waals surface area contributed by atoms with Gasteiger partial charge in [-0.15, -0.1) is 0 Å². The topological polar surface area (TPSA) is 90.6 Å². The number of rotatable bonds is 7. The number of nitrogens with one attached hydrogen (secondary N) is 2. The van der Waals surface area contributed by atoms with Crippen molar-refractivity contribution < 1.29 is 14.3 Å². The van der Waals surface area contributed by atoms with E-state index in [0.717, 1.165) is 71.4 Å². The molecule has 2 amide bonds. The molecule has 1 aromatic heterocycles. The quantitative estimate of drug-likeness (QED) is 0.727. The zero-order chi connectivity index (χ0) is 19.3. The van der Waals surface area contributed by atoms with E-state index in [4.69, 9.17) is 4.74 Å². The summed E-state index contributed by atoms with van der Waals surface area (Å²) in [6.45, 7) is 4.77. The molecule has 3 aliphatic rings. The number of ether oxygens (including phenoxy) is 1. The van der Waals surface area contributed by atoms with Gasteiger partial charge >= 0.3 is 0 Å². The maximum absolute atomic E-state index is 12.3. The minimum atomic E-state index is -0.116. The summed E-state index contributed by atoms with van der Waals surface area (Å²) in [5.41, 5.74) is 0.490. The summed E-state index contributed by atoms with van der Waals surface area (Å²) in [6.07, 6.45) is 7.84. The van der Waals surface area contributed by atoms with E-state index in [2.05, 4.69) is 25.3 Å². The number of H-pyrrole nitrogens is 1. The first kappa shape index (κ1) is 19.4. The second-order valence-electron chi connectivity index (χ2n) is 8.14. The molecule has 0 radical (unpaired) electrons. The average molecular weight is 390 g/mol. The molecule has 2 N–H and O–H groups in total. The summed E-state index contributed by atoms with van der Waals surface area (Å²) in [6, 6.07) is 2.64. The Morgan fingerprint density at radius 2 is 1.86 bits per heavy atom. The van der Waals surface area contributed by atoms with E-state index in [0.29, 0.717) is 36.1 Å². The van der Waals surface area contributed by atoms with Gasteiger partial charge in [0.05, 0.1) is 0 Å². The molecule has 8 heteroatoms. The van der Waals surface area contributed by atoms with Gasteiger partial charge in [0.15, 0.2) is 0 Å². The lowest BCUT2D eigenvalue weighted by molar-refractivity contribution is -0.134. The number of hydrogen-bond acceptors (Lipinski definition) is 5. The molecule has 8 nitrogen and oxygen atoms in total. The first-order valence-corrected chi connectivity index (χ1v) is 10.6. The predicted octanol–water partition coefficient (Wildman–Crippen LogP) is 1.02. The molecule has 0 bridgehead atoms. The second kappa shape index (κ2) is 9.05. The summed E-state index contributed by atoms with van der Waals surface area (Å²) in [7, 11) is 0. The first-order valence-electron chi connectivity index (χ1n) is 10.6. The summed E-state index contributed by atoms with van der Waals surface area (Å²) in [4.78, 5) is 29.1. The Labute approximate surface area is 166 Å². The van der Waals surface area contributed by atoms with Crippen molar-refractivity contribution in [1.82, 2.24) is 25.3 Å². The summed E-state index contributed by atoms with van der Waals surface area (Å²) >= 11 is 0. The standard InChI is InChI=1S/C20H31N5O3/c26-19(18-3-8-22-23-18)21-9-12-25(17-6-13-28-14-7-17)16-4-10-24(11-5-16)20(27)15-1-2-15/h3,8,15-17H,1-2,4-7,9-14H2,(H,21,26)(H,22,23). The Balaban J connectivity index is 1.31. The van der Waals surface area contributed by atoms with Crippen LogP contribution in [0.4, 0.5) is 0 Å². The van der Waals surface area contributed by atoms with Crippen LogP contribution >= 0.6 is 0 Å². The molecular formula is C20H31N5O3. The van der Waals surface area contributed by atoms with Crippen molar-refractivity contribution in [3.63, 3.8) is 0 Å². The number of hydrogen-bond donors (Lipinski definition) is 2. The van der Waals surface area contributed by atoms with Gasteiger partial charge in [0.1, 0.15) is 5.69 Å². The van der Waals surface area contributed by atoms with Crippen molar-refractivity contribution in [1.29, 1.82) is 0 Å². The largest absolute Gasteiger partial charge is 0.381 e. The molecule has 3 fully saturated rings. The van der Waals surface area contributed by atoms with E-state index in [1.54, 1.807) is 12.3 Å². The molecule has 0 unspecified atom stereocenters. The van der Waals surface area contributed by atoms with Crippen LogP contribution in [-0.4, -0.2) is 83.3 Å². The van der Waals surface area contributed by atoms with Gasteiger partial charge in [-0.25, -0.2) is 0 Å². The van der Waals surface area contributed by atoms with Crippen LogP contribution in [0.25, 0.3) is 0 Å². The van der Waals surface area contributed by atoms with Crippen LogP contribution in [0, 0.1) is 5.92 Å². The van der Waals surface area contributed by atoms with Gasteiger partial charge in [0, 0.05) is 63.6 Å². The van der Waals surface area contributed by atoms with E-state index in [1.165, 1.54) is 0 Å². The molecule has 28 heavy (non-hydrogen) atoms. The number of nitrogens with zero attached hydrogens (tertiary/aromatic N) is 3. The SMILES string of the molecule is O=C(NCCN(C1CCOCC1)C1CCN(C(=O)C2CC2)CC1)c1ccn[nH]1. The molecule has 0 atom stereocenters. The molecule has 1 saturated carbocycles. The molecule has 1 aromatic rings. The third-order valence-corrected chi connectivity index (χ3v) is 6.23. The number of aromatic amines is 1. The van der Waals surface area contributed by atoms with Crippen molar-refractivity contribution in [3.8, 4) is 0 Å². The zero-order valence-corrected chi connectivity index (χ0v) is 16.4. The van der Waals surface area contributed by atoms with Gasteiger partial charge < -0.3 is 15.0 Å². The normalized spacial score (nSPS) is 21.8. The number of likely N-dealkylation sites (tertiary alicyclic amines) is 1. The zero-order valence-electron chi connectivity index (χ0n) is 16.4. The number of aromatic nitrogens is 2. The third-order valence-electron chi connectivity index (χ3n) is 6.23. The molecule has 0 spiro atoms. The lowest BCUT2D eigenvalue weighted by Gasteiger charge is -2.43. The molecule has 3 heterocycles. The molecule has 154 valence electrons. The fourth-order valence-electron chi connectivity index (χ4n) is 4.46. The van der Waals surface area contributed by atoms with Gasteiger partial charge in [-0.05, 0) is 44.6 Å². The minimum Gasteiger partial charge on any atom is -0.381 e. The first-order chi connectivity index (χ1) is 13.7. The molecular weight excluding hydrogens is 358 g/mol. The fraction of sp³-hybridized carbons (Fsp3) is 0.750. The highest BCUT2D eigenvalue weighted by atomic mass is 16.5. The van der Waals surface area contributed by atoms with Crippen LogP contribution in [0.3, 0.4) is 0 Å². The smallest absolute Gasteiger partial charge is 0.269 e. The Bertz CT molecular complexity index is 647. The van der Waals surface area contributed by atoms with Crippen molar-refractivity contribution in [2.24, 2.45) is 5.92 Å². The molecule has 0 aromatic carbocycles. The predicted molar refractivity (Wildman–Crippen MR) is 104 cm³/mol. The summed E-state index contributed by atoms with van der Waals surface area (Å²) in [5, 5.41) is 9.53. The highest BCUT2D eigenvalue weighted by Gasteiger charge is 2.37. The lowest BCUT2D eigenvalue weighted by Crippen LogP contribution is -2.53. The van der Waals surface area contributed by atoms with Gasteiger partial charge in [-0.3, -0.25) is 19.6 Å². The van der Waals surface area contributed by atoms with E-state index < -0.39 is 0 Å². The molecule has 2 aliphatic heterocycles. The highest BCUT2D eigenvalue weighted by molar-refractivity contribution is 5.92. The van der Waals surface area contributed by atoms with Crippen LogP contribution in [0.1, 0.15) is 49.0 Å². The Morgan fingerprint density at radius 3 is 2.50 bits per heavy atom. The average Bonchev–Trinajstić information content (AvgIpc) is 3.45. The Kier molecular flexibility index (Phi) is 6.26. The molecule has 1 aliphatic carbocycles. The monoisotopic (exact) mass is 389 g/mol. The lowest BCUT2D eigenvalue weighted by atomic mass is 9.97. The van der Waals surface area contributed by atoms with Crippen molar-refractivity contribution in [2.75, 3.05) is 39.4 Å². The van der Waals surface area contributed by atoms with Gasteiger partial charge in [0.2, 0.25) is 5.91 Å². The van der Waals surface area contributed by atoms with E-state index in [1.807, 2.05) is 0 Å². The van der Waals surface area contributed by atoms with Gasteiger partial charge in [0.25, 0.3) is 5.91 Å². The Hall–Kier alpha value is -1.93. The minimum absolute atomic E-state index is 0.116. The number of amides is 2.